The second kappa shape index (κ2) is 14.7. The molecule has 0 aromatic heterocycles. The first kappa shape index (κ1) is 34.9. The van der Waals surface area contributed by atoms with Gasteiger partial charge < -0.3 is 28.7 Å². The number of piperidine rings is 2. The number of likely N-dealkylation sites (tertiary alicyclic amines) is 2. The van der Waals surface area contributed by atoms with Crippen LogP contribution in [0.5, 0.6) is 11.5 Å². The van der Waals surface area contributed by atoms with Crippen LogP contribution >= 0.6 is 0 Å². The van der Waals surface area contributed by atoms with E-state index in [0.717, 1.165) is 126 Å². The van der Waals surface area contributed by atoms with E-state index in [2.05, 4.69) is 35.8 Å². The molecule has 2 unspecified atom stereocenters. The van der Waals surface area contributed by atoms with Crippen LogP contribution in [0.2, 0.25) is 0 Å². The van der Waals surface area contributed by atoms with Gasteiger partial charge in [0.15, 0.2) is 0 Å². The molecule has 9 heteroatoms. The van der Waals surface area contributed by atoms with E-state index in [1.807, 2.05) is 29.2 Å². The molecule has 3 saturated heterocycles. The van der Waals surface area contributed by atoms with Gasteiger partial charge >= 0.3 is 0 Å². The highest BCUT2D eigenvalue weighted by Gasteiger charge is 2.41. The number of carbonyl (C=O) groups is 2. The largest absolute Gasteiger partial charge is 0.492 e. The number of ether oxygens (including phenoxy) is 4. The van der Waals surface area contributed by atoms with Gasteiger partial charge in [0.25, 0.3) is 11.8 Å². The van der Waals surface area contributed by atoms with E-state index in [0.29, 0.717) is 31.7 Å². The van der Waals surface area contributed by atoms with Crippen molar-refractivity contribution in [3.05, 3.63) is 58.7 Å². The summed E-state index contributed by atoms with van der Waals surface area (Å²) in [5.74, 6) is 3.35. The van der Waals surface area contributed by atoms with Crippen molar-refractivity contribution in [3.8, 4) is 11.5 Å². The molecular weight excluding hydrogens is 642 g/mol. The molecule has 4 fully saturated rings. The fraction of sp³-hybridized carbons (Fsp3) is 0.667. The Morgan fingerprint density at radius 1 is 0.686 bits per heavy atom. The van der Waals surface area contributed by atoms with Gasteiger partial charge in [-0.2, -0.15) is 0 Å². The van der Waals surface area contributed by atoms with Gasteiger partial charge in [0.2, 0.25) is 0 Å². The van der Waals surface area contributed by atoms with Crippen LogP contribution in [0, 0.1) is 11.8 Å². The zero-order chi connectivity index (χ0) is 35.0. The monoisotopic (exact) mass is 699 g/mol. The number of benzene rings is 2. The highest BCUT2D eigenvalue weighted by Crippen LogP contribution is 2.43. The summed E-state index contributed by atoms with van der Waals surface area (Å²) in [4.78, 5) is 33.2. The third-order valence-electron chi connectivity index (χ3n) is 13.0. The van der Waals surface area contributed by atoms with Gasteiger partial charge in [0.05, 0.1) is 44.6 Å². The average Bonchev–Trinajstić information content (AvgIpc) is 3.69. The first-order valence-electron chi connectivity index (χ1n) is 19.8. The Labute approximate surface area is 303 Å². The lowest BCUT2D eigenvalue weighted by atomic mass is 9.75. The first-order chi connectivity index (χ1) is 24.8. The van der Waals surface area contributed by atoms with Crippen molar-refractivity contribution in [2.75, 3.05) is 78.8 Å². The molecule has 2 aromatic carbocycles. The topological polar surface area (TPSA) is 80.8 Å². The highest BCUT2D eigenvalue weighted by atomic mass is 16.5. The number of morpholine rings is 1. The summed E-state index contributed by atoms with van der Waals surface area (Å²) in [6.45, 7) is 14.2. The molecule has 2 amide bonds. The Hall–Kier alpha value is -3.14. The summed E-state index contributed by atoms with van der Waals surface area (Å²) in [5, 5.41) is 0. The standard InChI is InChI=1S/C42H57N3O6/c1-41(26-43-20-22-48-23-21-43)27-50-37-24-33(8-12-35(37)41)40(47)45-18-14-31(15-19-45)30-6-10-34(11-7-30)49-28-42(2)29-51-38-25-32(9-13-36(38)42)39(46)44-16-4-3-5-17-44/h8-9,12-13,24-25,30-31,34H,3-7,10-11,14-23,26-29H2,1-2H3. The molecule has 5 aliphatic heterocycles. The molecule has 1 saturated carbocycles. The quantitative estimate of drug-likeness (QED) is 0.331. The molecule has 8 rings (SSSR count). The van der Waals surface area contributed by atoms with E-state index in [1.165, 1.54) is 24.8 Å². The Morgan fingerprint density at radius 3 is 1.86 bits per heavy atom. The second-order valence-corrected chi connectivity index (χ2v) is 16.8. The van der Waals surface area contributed by atoms with E-state index in [4.69, 9.17) is 18.9 Å². The number of hydrogen-bond donors (Lipinski definition) is 0. The number of hydrogen-bond acceptors (Lipinski definition) is 7. The molecule has 1 aliphatic carbocycles. The maximum Gasteiger partial charge on any atom is 0.253 e. The molecular formula is C42H57N3O6. The molecule has 2 aromatic rings. The summed E-state index contributed by atoms with van der Waals surface area (Å²) < 4.78 is 24.5. The molecule has 5 heterocycles. The van der Waals surface area contributed by atoms with Crippen LogP contribution in [-0.4, -0.2) is 111 Å². The summed E-state index contributed by atoms with van der Waals surface area (Å²) in [6.07, 6.45) is 10.4. The SMILES string of the molecule is CC1(COC2CCC(C3CCN(C(=O)c4ccc5c(c4)OCC5(C)CN4CCOCC4)CC3)CC2)COc2cc(C(=O)N3CCCCC3)ccc21. The smallest absolute Gasteiger partial charge is 0.253 e. The molecule has 0 spiro atoms. The molecule has 2 atom stereocenters. The Balaban J connectivity index is 0.786. The third-order valence-corrected chi connectivity index (χ3v) is 13.0. The van der Waals surface area contributed by atoms with Crippen molar-refractivity contribution in [2.24, 2.45) is 11.8 Å². The van der Waals surface area contributed by atoms with Gasteiger partial charge in [-0.15, -0.1) is 0 Å². The normalized spacial score (nSPS) is 30.0. The summed E-state index contributed by atoms with van der Waals surface area (Å²) in [7, 11) is 0. The van der Waals surface area contributed by atoms with Gasteiger partial charge in [0, 0.05) is 73.5 Å². The maximum absolute atomic E-state index is 13.6. The van der Waals surface area contributed by atoms with Crippen LogP contribution in [-0.2, 0) is 20.3 Å². The lowest BCUT2D eigenvalue weighted by molar-refractivity contribution is -0.0180. The van der Waals surface area contributed by atoms with Crippen molar-refractivity contribution in [1.82, 2.24) is 14.7 Å². The van der Waals surface area contributed by atoms with Crippen LogP contribution in [0.15, 0.2) is 36.4 Å². The van der Waals surface area contributed by atoms with Gasteiger partial charge in [-0.05, 0) is 101 Å². The zero-order valence-corrected chi connectivity index (χ0v) is 30.8. The van der Waals surface area contributed by atoms with Crippen LogP contribution < -0.4 is 9.47 Å². The van der Waals surface area contributed by atoms with Crippen LogP contribution in [0.1, 0.15) is 103 Å². The van der Waals surface area contributed by atoms with Crippen molar-refractivity contribution in [1.29, 1.82) is 0 Å². The van der Waals surface area contributed by atoms with Crippen molar-refractivity contribution in [2.45, 2.75) is 88.6 Å². The van der Waals surface area contributed by atoms with Crippen LogP contribution in [0.3, 0.4) is 0 Å². The molecule has 51 heavy (non-hydrogen) atoms. The third kappa shape index (κ3) is 7.27. The van der Waals surface area contributed by atoms with E-state index in [9.17, 15) is 9.59 Å². The fourth-order valence-electron chi connectivity index (χ4n) is 9.74. The van der Waals surface area contributed by atoms with E-state index in [-0.39, 0.29) is 28.7 Å². The van der Waals surface area contributed by atoms with Gasteiger partial charge in [-0.25, -0.2) is 0 Å². The van der Waals surface area contributed by atoms with E-state index in [1.54, 1.807) is 0 Å². The number of rotatable bonds is 8. The van der Waals surface area contributed by atoms with E-state index < -0.39 is 0 Å². The summed E-state index contributed by atoms with van der Waals surface area (Å²) in [5.41, 5.74) is 3.58. The average molecular weight is 700 g/mol. The lowest BCUT2D eigenvalue weighted by Gasteiger charge is -2.39. The Morgan fingerprint density at radius 2 is 1.24 bits per heavy atom. The number of amides is 2. The summed E-state index contributed by atoms with van der Waals surface area (Å²) >= 11 is 0. The predicted octanol–water partition coefficient (Wildman–Crippen LogP) is 6.07. The lowest BCUT2D eigenvalue weighted by Crippen LogP contribution is -2.45. The minimum atomic E-state index is -0.203. The number of nitrogens with zero attached hydrogens (tertiary/aromatic N) is 3. The highest BCUT2D eigenvalue weighted by molar-refractivity contribution is 5.95. The zero-order valence-electron chi connectivity index (χ0n) is 30.8. The van der Waals surface area contributed by atoms with Gasteiger partial charge in [-0.3, -0.25) is 14.5 Å². The van der Waals surface area contributed by atoms with Crippen molar-refractivity contribution >= 4 is 11.8 Å². The van der Waals surface area contributed by atoms with Crippen LogP contribution in [0.25, 0.3) is 0 Å². The van der Waals surface area contributed by atoms with E-state index >= 15 is 0 Å². The Bertz CT molecular complexity index is 1570. The van der Waals surface area contributed by atoms with Gasteiger partial charge in [-0.1, -0.05) is 19.1 Å². The minimum absolute atomic E-state index is 0.0651. The second-order valence-electron chi connectivity index (χ2n) is 16.8. The molecule has 0 radical (unpaired) electrons. The van der Waals surface area contributed by atoms with Crippen molar-refractivity contribution < 1.29 is 28.5 Å². The first-order valence-corrected chi connectivity index (χ1v) is 19.8. The molecule has 276 valence electrons. The van der Waals surface area contributed by atoms with Gasteiger partial charge in [0.1, 0.15) is 11.5 Å². The molecule has 0 N–H and O–H groups in total. The molecule has 0 bridgehead atoms. The Kier molecular flexibility index (Phi) is 10.1. The maximum atomic E-state index is 13.6. The van der Waals surface area contributed by atoms with Crippen LogP contribution in [0.4, 0.5) is 0 Å². The number of carbonyl (C=O) groups excluding carboxylic acids is 2. The number of fused-ring (bicyclic) bond motifs is 2. The van der Waals surface area contributed by atoms with Crippen molar-refractivity contribution in [3.63, 3.8) is 0 Å². The summed E-state index contributed by atoms with van der Waals surface area (Å²) in [6, 6.07) is 12.2. The minimum Gasteiger partial charge on any atom is -0.492 e. The fourth-order valence-corrected chi connectivity index (χ4v) is 9.74. The molecule has 6 aliphatic rings. The predicted molar refractivity (Wildman–Crippen MR) is 196 cm³/mol. The molecule has 9 nitrogen and oxygen atoms in total.